The van der Waals surface area contributed by atoms with Crippen molar-refractivity contribution in [1.29, 1.82) is 0 Å². The summed E-state index contributed by atoms with van der Waals surface area (Å²) in [6.45, 7) is 6.02. The lowest BCUT2D eigenvalue weighted by molar-refractivity contribution is -0.122. The van der Waals surface area contributed by atoms with Gasteiger partial charge in [-0.05, 0) is 43.6 Å². The van der Waals surface area contributed by atoms with Crippen LogP contribution in [0.5, 0.6) is 0 Å². The molecular weight excluding hydrogens is 308 g/mol. The summed E-state index contributed by atoms with van der Waals surface area (Å²) in [6, 6.07) is 8.58. The molecule has 1 amide bonds. The maximum Gasteiger partial charge on any atom is 0.234 e. The number of piperazine rings is 1. The molecule has 1 aliphatic heterocycles. The molecule has 0 unspecified atom stereocenters. The molecule has 2 aliphatic rings. The van der Waals surface area contributed by atoms with E-state index in [1.165, 1.54) is 5.56 Å². The molecular formula is C17H24N4OS. The molecule has 1 saturated carbocycles. The Bertz CT molecular complexity index is 580. The van der Waals surface area contributed by atoms with Gasteiger partial charge in [-0.2, -0.15) is 0 Å². The molecule has 2 N–H and O–H groups in total. The average Bonchev–Trinajstić information content (AvgIpc) is 3.34. The molecule has 0 bridgehead atoms. The number of aryl methyl sites for hydroxylation is 1. The van der Waals surface area contributed by atoms with Crippen molar-refractivity contribution in [2.75, 3.05) is 38.0 Å². The minimum absolute atomic E-state index is 0.154. The Hall–Kier alpha value is -1.66. The second-order valence-corrected chi connectivity index (χ2v) is 6.74. The van der Waals surface area contributed by atoms with Crippen LogP contribution in [-0.2, 0) is 4.79 Å². The van der Waals surface area contributed by atoms with Crippen LogP contribution in [0.3, 0.4) is 0 Å². The molecule has 1 saturated heterocycles. The Kier molecular flexibility index (Phi) is 5.13. The van der Waals surface area contributed by atoms with Crippen molar-refractivity contribution in [1.82, 2.24) is 15.1 Å². The number of para-hydroxylation sites is 1. The summed E-state index contributed by atoms with van der Waals surface area (Å²) in [4.78, 5) is 16.2. The SMILES string of the molecule is Cc1ccccc1NC(=S)N1CCN(CC(=O)NC2CC2)CC1. The van der Waals surface area contributed by atoms with Crippen LogP contribution in [0.2, 0.25) is 0 Å². The van der Waals surface area contributed by atoms with Crippen LogP contribution in [0.1, 0.15) is 18.4 Å². The zero-order valence-electron chi connectivity index (χ0n) is 13.5. The van der Waals surface area contributed by atoms with Crippen LogP contribution in [0.25, 0.3) is 0 Å². The number of carbonyl (C=O) groups excluding carboxylic acids is 1. The van der Waals surface area contributed by atoms with Gasteiger partial charge in [0.05, 0.1) is 6.54 Å². The van der Waals surface area contributed by atoms with Crippen molar-refractivity contribution < 1.29 is 4.79 Å². The Morgan fingerprint density at radius 3 is 2.57 bits per heavy atom. The molecule has 0 aromatic heterocycles. The summed E-state index contributed by atoms with van der Waals surface area (Å²) in [5, 5.41) is 7.14. The molecule has 23 heavy (non-hydrogen) atoms. The zero-order chi connectivity index (χ0) is 16.2. The van der Waals surface area contributed by atoms with Crippen LogP contribution in [0, 0.1) is 6.92 Å². The molecule has 1 aromatic carbocycles. The van der Waals surface area contributed by atoms with E-state index in [4.69, 9.17) is 12.2 Å². The molecule has 1 aliphatic carbocycles. The lowest BCUT2D eigenvalue weighted by atomic mass is 10.2. The van der Waals surface area contributed by atoms with Crippen molar-refractivity contribution in [3.63, 3.8) is 0 Å². The fourth-order valence-corrected chi connectivity index (χ4v) is 3.01. The van der Waals surface area contributed by atoms with Crippen molar-refractivity contribution in [3.05, 3.63) is 29.8 Å². The highest BCUT2D eigenvalue weighted by atomic mass is 32.1. The number of benzene rings is 1. The maximum atomic E-state index is 11.9. The first-order chi connectivity index (χ1) is 11.1. The van der Waals surface area contributed by atoms with Gasteiger partial charge in [0.25, 0.3) is 0 Å². The monoisotopic (exact) mass is 332 g/mol. The summed E-state index contributed by atoms with van der Waals surface area (Å²) in [5.74, 6) is 0.154. The normalized spacial score (nSPS) is 18.6. The number of hydrogen-bond donors (Lipinski definition) is 2. The Morgan fingerprint density at radius 2 is 1.91 bits per heavy atom. The van der Waals surface area contributed by atoms with Gasteiger partial charge in [-0.25, -0.2) is 0 Å². The van der Waals surface area contributed by atoms with Gasteiger partial charge in [0.15, 0.2) is 5.11 Å². The topological polar surface area (TPSA) is 47.6 Å². The van der Waals surface area contributed by atoms with Crippen molar-refractivity contribution >= 4 is 28.9 Å². The van der Waals surface area contributed by atoms with Crippen molar-refractivity contribution in [3.8, 4) is 0 Å². The summed E-state index contributed by atoms with van der Waals surface area (Å²) in [6.07, 6.45) is 2.27. The van der Waals surface area contributed by atoms with Gasteiger partial charge in [-0.15, -0.1) is 0 Å². The number of rotatable bonds is 4. The Labute approximate surface area is 143 Å². The predicted molar refractivity (Wildman–Crippen MR) is 96.6 cm³/mol. The van der Waals surface area contributed by atoms with Gasteiger partial charge in [-0.1, -0.05) is 18.2 Å². The molecule has 0 spiro atoms. The second-order valence-electron chi connectivity index (χ2n) is 6.35. The van der Waals surface area contributed by atoms with Gasteiger partial charge >= 0.3 is 0 Å². The van der Waals surface area contributed by atoms with Gasteiger partial charge in [0, 0.05) is 37.9 Å². The van der Waals surface area contributed by atoms with E-state index >= 15 is 0 Å². The fourth-order valence-electron chi connectivity index (χ4n) is 2.72. The largest absolute Gasteiger partial charge is 0.352 e. The average molecular weight is 332 g/mol. The number of carbonyl (C=O) groups is 1. The van der Waals surface area contributed by atoms with Gasteiger partial charge in [-0.3, -0.25) is 9.69 Å². The van der Waals surface area contributed by atoms with E-state index in [0.717, 1.165) is 49.8 Å². The van der Waals surface area contributed by atoms with E-state index < -0.39 is 0 Å². The highest BCUT2D eigenvalue weighted by Gasteiger charge is 2.25. The summed E-state index contributed by atoms with van der Waals surface area (Å²) >= 11 is 5.52. The molecule has 2 fully saturated rings. The molecule has 124 valence electrons. The second kappa shape index (κ2) is 7.27. The third-order valence-electron chi connectivity index (χ3n) is 4.36. The lowest BCUT2D eigenvalue weighted by Crippen LogP contribution is -2.52. The number of thiocarbonyl (C=S) groups is 1. The molecule has 3 rings (SSSR count). The minimum Gasteiger partial charge on any atom is -0.352 e. The number of nitrogens with one attached hydrogen (secondary N) is 2. The molecule has 0 radical (unpaired) electrons. The predicted octanol–water partition coefficient (Wildman–Crippen LogP) is 1.59. The molecule has 0 atom stereocenters. The Balaban J connectivity index is 1.43. The number of amides is 1. The molecule has 5 nitrogen and oxygen atoms in total. The lowest BCUT2D eigenvalue weighted by Gasteiger charge is -2.36. The first-order valence-electron chi connectivity index (χ1n) is 8.25. The number of anilines is 1. The van der Waals surface area contributed by atoms with Crippen molar-refractivity contribution in [2.24, 2.45) is 0 Å². The van der Waals surface area contributed by atoms with E-state index in [1.54, 1.807) is 0 Å². The zero-order valence-corrected chi connectivity index (χ0v) is 14.4. The quantitative estimate of drug-likeness (QED) is 0.820. The molecule has 6 heteroatoms. The third kappa shape index (κ3) is 4.65. The minimum atomic E-state index is 0.154. The number of hydrogen-bond acceptors (Lipinski definition) is 3. The number of nitrogens with zero attached hydrogens (tertiary/aromatic N) is 2. The highest BCUT2D eigenvalue weighted by molar-refractivity contribution is 7.80. The summed E-state index contributed by atoms with van der Waals surface area (Å²) in [5.41, 5.74) is 2.24. The van der Waals surface area contributed by atoms with Crippen LogP contribution in [0.4, 0.5) is 5.69 Å². The maximum absolute atomic E-state index is 11.9. The van der Waals surface area contributed by atoms with Gasteiger partial charge < -0.3 is 15.5 Å². The Morgan fingerprint density at radius 1 is 1.22 bits per heavy atom. The van der Waals surface area contributed by atoms with Crippen LogP contribution >= 0.6 is 12.2 Å². The summed E-state index contributed by atoms with van der Waals surface area (Å²) in [7, 11) is 0. The fraction of sp³-hybridized carbons (Fsp3) is 0.529. The van der Waals surface area contributed by atoms with Crippen LogP contribution in [-0.4, -0.2) is 59.6 Å². The summed E-state index contributed by atoms with van der Waals surface area (Å²) < 4.78 is 0. The van der Waals surface area contributed by atoms with Crippen molar-refractivity contribution in [2.45, 2.75) is 25.8 Å². The standard InChI is InChI=1S/C17H24N4OS/c1-13-4-2-3-5-15(13)19-17(23)21-10-8-20(9-11-21)12-16(22)18-14-6-7-14/h2-5,14H,6-12H2,1H3,(H,18,22)(H,19,23). The van der Waals surface area contributed by atoms with E-state index in [-0.39, 0.29) is 5.91 Å². The van der Waals surface area contributed by atoms with Crippen LogP contribution < -0.4 is 10.6 Å². The van der Waals surface area contributed by atoms with E-state index in [2.05, 4.69) is 33.4 Å². The highest BCUT2D eigenvalue weighted by Crippen LogP contribution is 2.18. The smallest absolute Gasteiger partial charge is 0.234 e. The third-order valence-corrected chi connectivity index (χ3v) is 4.72. The van der Waals surface area contributed by atoms with Crippen LogP contribution in [0.15, 0.2) is 24.3 Å². The molecule has 1 heterocycles. The first-order valence-corrected chi connectivity index (χ1v) is 8.66. The molecule has 1 aromatic rings. The van der Waals surface area contributed by atoms with E-state index in [1.807, 2.05) is 18.2 Å². The van der Waals surface area contributed by atoms with E-state index in [9.17, 15) is 4.79 Å². The van der Waals surface area contributed by atoms with Gasteiger partial charge in [0.2, 0.25) is 5.91 Å². The first kappa shape index (κ1) is 16.2. The van der Waals surface area contributed by atoms with E-state index in [0.29, 0.717) is 12.6 Å². The van der Waals surface area contributed by atoms with Gasteiger partial charge in [0.1, 0.15) is 0 Å².